The number of hydrogen-bond acceptors (Lipinski definition) is 4. The second kappa shape index (κ2) is 12.2. The number of ether oxygens (including phenoxy) is 1. The summed E-state index contributed by atoms with van der Waals surface area (Å²) in [7, 11) is 1.65. The van der Waals surface area contributed by atoms with E-state index in [0.29, 0.717) is 13.0 Å². The van der Waals surface area contributed by atoms with Gasteiger partial charge in [-0.2, -0.15) is 0 Å². The van der Waals surface area contributed by atoms with Crippen LogP contribution in [0.4, 0.5) is 0 Å². The Labute approximate surface area is 232 Å². The van der Waals surface area contributed by atoms with Crippen molar-refractivity contribution in [2.45, 2.75) is 64.5 Å². The van der Waals surface area contributed by atoms with Crippen molar-refractivity contribution in [2.75, 3.05) is 39.8 Å². The number of rotatable bonds is 12. The van der Waals surface area contributed by atoms with Crippen LogP contribution in [0, 0.1) is 0 Å². The maximum atomic E-state index is 14.0. The molecule has 1 fully saturated rings. The largest absolute Gasteiger partial charge is 0.496 e. The maximum absolute atomic E-state index is 14.0. The number of amides is 2. The quantitative estimate of drug-likeness (QED) is 0.352. The number of nitrogens with zero attached hydrogens (tertiary/aromatic N) is 3. The molecular formula is C32H42N4O3. The summed E-state index contributed by atoms with van der Waals surface area (Å²) in [6.45, 7) is 8.35. The molecule has 39 heavy (non-hydrogen) atoms. The molecule has 1 saturated heterocycles. The highest BCUT2D eigenvalue weighted by Gasteiger charge is 2.48. The van der Waals surface area contributed by atoms with Crippen LogP contribution in [0.1, 0.15) is 68.8 Å². The Balaban J connectivity index is 1.42. The molecule has 0 spiro atoms. The number of carbonyl (C=O) groups is 2. The van der Waals surface area contributed by atoms with Crippen molar-refractivity contribution in [3.05, 3.63) is 65.4 Å². The lowest BCUT2D eigenvalue weighted by Crippen LogP contribution is -2.63. The first-order chi connectivity index (χ1) is 19.1. The Morgan fingerprint density at radius 1 is 0.949 bits per heavy atom. The second-order valence-electron chi connectivity index (χ2n) is 10.9. The molecule has 2 aromatic carbocycles. The molecule has 2 aliphatic heterocycles. The molecule has 2 atom stereocenters. The van der Waals surface area contributed by atoms with E-state index in [1.807, 2.05) is 41.3 Å². The topological polar surface area (TPSA) is 68.9 Å². The highest BCUT2D eigenvalue weighted by Crippen LogP contribution is 2.44. The predicted octanol–water partition coefficient (Wildman–Crippen LogP) is 5.15. The lowest BCUT2D eigenvalue weighted by Gasteiger charge is -2.47. The van der Waals surface area contributed by atoms with Gasteiger partial charge in [-0.25, -0.2) is 0 Å². The summed E-state index contributed by atoms with van der Waals surface area (Å²) in [4.78, 5) is 37.6. The molecule has 5 rings (SSSR count). The van der Waals surface area contributed by atoms with Gasteiger partial charge in [-0.05, 0) is 56.6 Å². The second-order valence-corrected chi connectivity index (χ2v) is 10.9. The van der Waals surface area contributed by atoms with Gasteiger partial charge in [0.15, 0.2) is 0 Å². The average Bonchev–Trinajstić information content (AvgIpc) is 3.34. The number of unbranched alkanes of at least 4 members (excludes halogenated alkanes) is 2. The predicted molar refractivity (Wildman–Crippen MR) is 155 cm³/mol. The number of carbonyl (C=O) groups excluding carboxylic acids is 2. The van der Waals surface area contributed by atoms with Gasteiger partial charge in [0.1, 0.15) is 17.8 Å². The van der Waals surface area contributed by atoms with Crippen LogP contribution < -0.4 is 4.74 Å². The van der Waals surface area contributed by atoms with Crippen LogP contribution in [0.5, 0.6) is 5.75 Å². The number of H-pyrrole nitrogens is 1. The molecular weight excluding hydrogens is 488 g/mol. The number of hydrogen-bond donors (Lipinski definition) is 1. The SMILES string of the molecule is CCCCN(CCCC)CCCN1CC(=O)N2[C@@H](c3ccccc3OC)c3[nH]c4ccccc4c3C[C@H]2C1=O. The van der Waals surface area contributed by atoms with Gasteiger partial charge in [0.25, 0.3) is 0 Å². The summed E-state index contributed by atoms with van der Waals surface area (Å²) < 4.78 is 5.73. The fraction of sp³-hybridized carbons (Fsp3) is 0.500. The smallest absolute Gasteiger partial charge is 0.246 e. The molecule has 1 aromatic heterocycles. The van der Waals surface area contributed by atoms with Crippen LogP contribution in [0.3, 0.4) is 0 Å². The number of nitrogens with one attached hydrogen (secondary N) is 1. The summed E-state index contributed by atoms with van der Waals surface area (Å²) in [6.07, 6.45) is 6.15. The van der Waals surface area contributed by atoms with Gasteiger partial charge in [-0.3, -0.25) is 9.59 Å². The molecule has 0 saturated carbocycles. The molecule has 2 amide bonds. The Hall–Kier alpha value is -3.32. The Kier molecular flexibility index (Phi) is 8.56. The van der Waals surface area contributed by atoms with Crippen LogP contribution in [0.2, 0.25) is 0 Å². The first-order valence-corrected chi connectivity index (χ1v) is 14.6. The zero-order valence-electron chi connectivity index (χ0n) is 23.6. The van der Waals surface area contributed by atoms with E-state index in [0.717, 1.165) is 59.5 Å². The molecule has 0 radical (unpaired) electrons. The number of piperazine rings is 1. The molecule has 7 nitrogen and oxygen atoms in total. The average molecular weight is 531 g/mol. The van der Waals surface area contributed by atoms with Crippen molar-refractivity contribution < 1.29 is 14.3 Å². The molecule has 3 heterocycles. The molecule has 2 aliphatic rings. The van der Waals surface area contributed by atoms with Crippen LogP contribution in [-0.4, -0.2) is 77.4 Å². The number of methoxy groups -OCH3 is 1. The van der Waals surface area contributed by atoms with E-state index in [1.54, 1.807) is 12.0 Å². The van der Waals surface area contributed by atoms with Crippen LogP contribution in [-0.2, 0) is 16.0 Å². The van der Waals surface area contributed by atoms with Crippen LogP contribution in [0.25, 0.3) is 10.9 Å². The number of aromatic nitrogens is 1. The first-order valence-electron chi connectivity index (χ1n) is 14.6. The number of fused-ring (bicyclic) bond motifs is 4. The molecule has 7 heteroatoms. The van der Waals surface area contributed by atoms with Crippen LogP contribution in [0.15, 0.2) is 48.5 Å². The number of aromatic amines is 1. The van der Waals surface area contributed by atoms with Crippen molar-refractivity contribution >= 4 is 22.7 Å². The maximum Gasteiger partial charge on any atom is 0.246 e. The number of para-hydroxylation sites is 2. The monoisotopic (exact) mass is 530 g/mol. The summed E-state index contributed by atoms with van der Waals surface area (Å²) in [5, 5.41) is 1.12. The Morgan fingerprint density at radius 2 is 1.64 bits per heavy atom. The Morgan fingerprint density at radius 3 is 2.38 bits per heavy atom. The van der Waals surface area contributed by atoms with Crippen LogP contribution >= 0.6 is 0 Å². The van der Waals surface area contributed by atoms with Gasteiger partial charge in [0, 0.05) is 35.1 Å². The van der Waals surface area contributed by atoms with Crippen molar-refractivity contribution in [2.24, 2.45) is 0 Å². The van der Waals surface area contributed by atoms with Crippen molar-refractivity contribution in [3.63, 3.8) is 0 Å². The van der Waals surface area contributed by atoms with Gasteiger partial charge >= 0.3 is 0 Å². The zero-order chi connectivity index (χ0) is 27.4. The molecule has 208 valence electrons. The molecule has 1 N–H and O–H groups in total. The highest BCUT2D eigenvalue weighted by atomic mass is 16.5. The van der Waals surface area contributed by atoms with E-state index >= 15 is 0 Å². The fourth-order valence-electron chi connectivity index (χ4n) is 6.31. The van der Waals surface area contributed by atoms with E-state index in [-0.39, 0.29) is 18.4 Å². The van der Waals surface area contributed by atoms with E-state index in [2.05, 4.69) is 35.9 Å². The fourth-order valence-corrected chi connectivity index (χ4v) is 6.31. The minimum absolute atomic E-state index is 0.00589. The summed E-state index contributed by atoms with van der Waals surface area (Å²) >= 11 is 0. The summed E-state index contributed by atoms with van der Waals surface area (Å²) in [5.41, 5.74) is 4.03. The van der Waals surface area contributed by atoms with E-state index < -0.39 is 12.1 Å². The third-order valence-electron chi connectivity index (χ3n) is 8.33. The zero-order valence-corrected chi connectivity index (χ0v) is 23.6. The summed E-state index contributed by atoms with van der Waals surface area (Å²) in [6, 6.07) is 15.1. The van der Waals surface area contributed by atoms with Gasteiger partial charge in [-0.1, -0.05) is 63.1 Å². The third-order valence-corrected chi connectivity index (χ3v) is 8.33. The standard InChI is InChI=1S/C32H42N4O3/c1-4-6-17-34(18-7-5-2)19-12-20-35-22-29(37)36-27(32(35)38)21-25-23-13-8-10-15-26(23)33-30(25)31(36)24-14-9-11-16-28(24)39-3/h8-11,13-16,27,31,33H,4-7,12,17-22H2,1-3H3/t27-,31-/m0/s1. The normalized spacial score (nSPS) is 19.1. The third kappa shape index (κ3) is 5.42. The lowest BCUT2D eigenvalue weighted by molar-refractivity contribution is -0.158. The molecule has 3 aromatic rings. The van der Waals surface area contributed by atoms with Gasteiger partial charge < -0.3 is 24.4 Å². The van der Waals surface area contributed by atoms with Gasteiger partial charge in [0.05, 0.1) is 13.7 Å². The van der Waals surface area contributed by atoms with Gasteiger partial charge in [-0.15, -0.1) is 0 Å². The van der Waals surface area contributed by atoms with E-state index in [4.69, 9.17) is 4.74 Å². The number of benzene rings is 2. The summed E-state index contributed by atoms with van der Waals surface area (Å²) in [5.74, 6) is 0.766. The minimum Gasteiger partial charge on any atom is -0.496 e. The van der Waals surface area contributed by atoms with E-state index in [1.165, 1.54) is 25.7 Å². The lowest BCUT2D eigenvalue weighted by atomic mass is 9.86. The molecule has 0 unspecified atom stereocenters. The molecule has 0 bridgehead atoms. The highest BCUT2D eigenvalue weighted by molar-refractivity contribution is 5.97. The first kappa shape index (κ1) is 27.3. The van der Waals surface area contributed by atoms with Crippen molar-refractivity contribution in [1.29, 1.82) is 0 Å². The van der Waals surface area contributed by atoms with E-state index in [9.17, 15) is 9.59 Å². The minimum atomic E-state index is -0.524. The molecule has 0 aliphatic carbocycles. The van der Waals surface area contributed by atoms with Crippen molar-refractivity contribution in [1.82, 2.24) is 19.7 Å². The Bertz CT molecular complexity index is 1290. The van der Waals surface area contributed by atoms with Gasteiger partial charge in [0.2, 0.25) is 11.8 Å². The van der Waals surface area contributed by atoms with Crippen molar-refractivity contribution in [3.8, 4) is 5.75 Å².